The molecule has 4 rings (SSSR count). The molecule has 152 valence electrons. The zero-order chi connectivity index (χ0) is 20.9. The summed E-state index contributed by atoms with van der Waals surface area (Å²) in [5.41, 5.74) is 8.40. The van der Waals surface area contributed by atoms with Crippen molar-refractivity contribution in [3.8, 4) is 6.07 Å². The molecule has 2 N–H and O–H groups in total. The van der Waals surface area contributed by atoms with E-state index in [1.165, 1.54) is 12.1 Å². The second-order valence-electron chi connectivity index (χ2n) is 7.32. The Morgan fingerprint density at radius 3 is 2.77 bits per heavy atom. The number of nitrogens with zero attached hydrogens (tertiary/aromatic N) is 2. The summed E-state index contributed by atoms with van der Waals surface area (Å²) in [6.07, 6.45) is 3.46. The van der Waals surface area contributed by atoms with E-state index in [1.807, 2.05) is 12.1 Å². The van der Waals surface area contributed by atoms with Crippen molar-refractivity contribution in [1.29, 1.82) is 5.26 Å². The summed E-state index contributed by atoms with van der Waals surface area (Å²) in [5.74, 6) is -0.353. The van der Waals surface area contributed by atoms with Crippen LogP contribution in [0.4, 0.5) is 4.39 Å². The number of aromatic nitrogens is 1. The lowest BCUT2D eigenvalue weighted by Gasteiger charge is -2.30. The Bertz CT molecular complexity index is 1090. The van der Waals surface area contributed by atoms with Gasteiger partial charge in [-0.05, 0) is 66.9 Å². The van der Waals surface area contributed by atoms with Crippen LogP contribution in [0.15, 0.2) is 54.7 Å². The maximum absolute atomic E-state index is 13.7. The summed E-state index contributed by atoms with van der Waals surface area (Å²) in [5, 5.41) is 9.64. The van der Waals surface area contributed by atoms with Gasteiger partial charge in [-0.3, -0.25) is 15.2 Å². The quantitative estimate of drug-likeness (QED) is 0.636. The first-order valence-corrected chi connectivity index (χ1v) is 9.83. The normalized spacial score (nSPS) is 18.7. The summed E-state index contributed by atoms with van der Waals surface area (Å²) in [7, 11) is 0. The SMILES string of the molecule is N#Cc1ccc(C(=O)NNCC2CCC(c3ccnc4ccc(F)cc34)CO2)cc1. The second kappa shape index (κ2) is 8.99. The molecule has 1 aromatic heterocycles. The van der Waals surface area contributed by atoms with Crippen molar-refractivity contribution in [3.05, 3.63) is 77.2 Å². The molecule has 0 aliphatic carbocycles. The summed E-state index contributed by atoms with van der Waals surface area (Å²) in [6, 6.07) is 15.0. The fourth-order valence-corrected chi connectivity index (χ4v) is 3.72. The van der Waals surface area contributed by atoms with Gasteiger partial charge in [0.2, 0.25) is 0 Å². The lowest BCUT2D eigenvalue weighted by atomic mass is 9.89. The Kier molecular flexibility index (Phi) is 5.98. The standard InChI is InChI=1S/C23H21FN4O2/c24-18-6-8-22-21(11-18)20(9-10-26-22)17-5-7-19(30-14-17)13-27-28-23(29)16-3-1-15(12-25)2-4-16/h1-4,6,8-11,17,19,27H,5,7,13-14H2,(H,28,29). The van der Waals surface area contributed by atoms with E-state index < -0.39 is 0 Å². The number of benzene rings is 2. The predicted octanol–water partition coefficient (Wildman–Crippen LogP) is 3.44. The average molecular weight is 404 g/mol. The molecule has 3 aromatic rings. The summed E-state index contributed by atoms with van der Waals surface area (Å²) in [6.45, 7) is 1.02. The number of hydrazine groups is 1. The highest BCUT2D eigenvalue weighted by Gasteiger charge is 2.24. The molecule has 2 heterocycles. The van der Waals surface area contributed by atoms with E-state index in [4.69, 9.17) is 10.00 Å². The minimum Gasteiger partial charge on any atom is -0.376 e. The van der Waals surface area contributed by atoms with Gasteiger partial charge >= 0.3 is 0 Å². The summed E-state index contributed by atoms with van der Waals surface area (Å²) >= 11 is 0. The number of fused-ring (bicyclic) bond motifs is 1. The number of pyridine rings is 1. The van der Waals surface area contributed by atoms with Crippen LogP contribution in [0, 0.1) is 17.1 Å². The molecule has 1 amide bonds. The maximum atomic E-state index is 13.7. The van der Waals surface area contributed by atoms with Crippen LogP contribution in [0.1, 0.15) is 40.2 Å². The number of nitriles is 1. The number of halogens is 1. The first-order valence-electron chi connectivity index (χ1n) is 9.83. The van der Waals surface area contributed by atoms with E-state index in [-0.39, 0.29) is 23.7 Å². The van der Waals surface area contributed by atoms with Crippen LogP contribution < -0.4 is 10.9 Å². The third-order valence-electron chi connectivity index (χ3n) is 5.36. The van der Waals surface area contributed by atoms with Crippen molar-refractivity contribution in [3.63, 3.8) is 0 Å². The summed E-state index contributed by atoms with van der Waals surface area (Å²) in [4.78, 5) is 16.5. The molecule has 30 heavy (non-hydrogen) atoms. The van der Waals surface area contributed by atoms with Gasteiger partial charge in [0, 0.05) is 29.6 Å². The molecular weight excluding hydrogens is 383 g/mol. The average Bonchev–Trinajstić information content (AvgIpc) is 2.79. The number of carbonyl (C=O) groups is 1. The number of nitrogens with one attached hydrogen (secondary N) is 2. The first kappa shape index (κ1) is 20.0. The second-order valence-corrected chi connectivity index (χ2v) is 7.32. The van der Waals surface area contributed by atoms with Crippen molar-refractivity contribution < 1.29 is 13.9 Å². The Morgan fingerprint density at radius 1 is 1.20 bits per heavy atom. The largest absolute Gasteiger partial charge is 0.376 e. The summed E-state index contributed by atoms with van der Waals surface area (Å²) < 4.78 is 19.7. The Labute approximate surface area is 173 Å². The molecule has 1 fully saturated rings. The molecule has 7 heteroatoms. The number of rotatable bonds is 5. The Morgan fingerprint density at radius 2 is 2.03 bits per heavy atom. The van der Waals surface area contributed by atoms with E-state index in [2.05, 4.69) is 15.8 Å². The molecule has 2 atom stereocenters. The van der Waals surface area contributed by atoms with Crippen LogP contribution >= 0.6 is 0 Å². The fourth-order valence-electron chi connectivity index (χ4n) is 3.72. The van der Waals surface area contributed by atoms with Gasteiger partial charge in [-0.15, -0.1) is 0 Å². The van der Waals surface area contributed by atoms with E-state index >= 15 is 0 Å². The van der Waals surface area contributed by atoms with Gasteiger partial charge in [0.15, 0.2) is 0 Å². The van der Waals surface area contributed by atoms with Crippen LogP contribution in [0.3, 0.4) is 0 Å². The molecule has 0 radical (unpaired) electrons. The fraction of sp³-hybridized carbons (Fsp3) is 0.261. The number of hydrogen-bond donors (Lipinski definition) is 2. The zero-order valence-electron chi connectivity index (χ0n) is 16.3. The molecule has 0 spiro atoms. The van der Waals surface area contributed by atoms with Crippen LogP contribution in [0.25, 0.3) is 10.9 Å². The highest BCUT2D eigenvalue weighted by molar-refractivity contribution is 5.93. The highest BCUT2D eigenvalue weighted by atomic mass is 19.1. The van der Waals surface area contributed by atoms with Crippen LogP contribution in [0.5, 0.6) is 0 Å². The van der Waals surface area contributed by atoms with Gasteiger partial charge < -0.3 is 4.74 Å². The van der Waals surface area contributed by atoms with Gasteiger partial charge in [-0.2, -0.15) is 5.26 Å². The maximum Gasteiger partial charge on any atom is 0.265 e. The molecular formula is C23H21FN4O2. The monoisotopic (exact) mass is 404 g/mol. The Balaban J connectivity index is 1.28. The Hall–Kier alpha value is -3.34. The smallest absolute Gasteiger partial charge is 0.265 e. The third-order valence-corrected chi connectivity index (χ3v) is 5.36. The number of amides is 1. The van der Waals surface area contributed by atoms with E-state index in [9.17, 15) is 9.18 Å². The number of ether oxygens (including phenoxy) is 1. The van der Waals surface area contributed by atoms with Crippen LogP contribution in [-0.2, 0) is 4.74 Å². The van der Waals surface area contributed by atoms with Crippen LogP contribution in [0.2, 0.25) is 0 Å². The van der Waals surface area contributed by atoms with E-state index in [1.54, 1.807) is 36.5 Å². The predicted molar refractivity (Wildman–Crippen MR) is 110 cm³/mol. The van der Waals surface area contributed by atoms with Gasteiger partial charge in [0.05, 0.1) is 29.9 Å². The number of carbonyl (C=O) groups excluding carboxylic acids is 1. The minimum absolute atomic E-state index is 0.0210. The van der Waals surface area contributed by atoms with Gasteiger partial charge in [0.1, 0.15) is 5.82 Å². The lowest BCUT2D eigenvalue weighted by Crippen LogP contribution is -2.43. The van der Waals surface area contributed by atoms with Crippen molar-refractivity contribution in [1.82, 2.24) is 15.8 Å². The van der Waals surface area contributed by atoms with Crippen molar-refractivity contribution in [2.24, 2.45) is 0 Å². The molecule has 0 saturated carbocycles. The van der Waals surface area contributed by atoms with E-state index in [0.717, 1.165) is 29.3 Å². The van der Waals surface area contributed by atoms with Crippen LogP contribution in [-0.4, -0.2) is 30.1 Å². The minimum atomic E-state index is -0.270. The van der Waals surface area contributed by atoms with E-state index in [0.29, 0.717) is 24.3 Å². The molecule has 1 aliphatic heterocycles. The van der Waals surface area contributed by atoms with Crippen molar-refractivity contribution in [2.75, 3.05) is 13.2 Å². The molecule has 2 unspecified atom stereocenters. The zero-order valence-corrected chi connectivity index (χ0v) is 16.3. The number of hydrogen-bond acceptors (Lipinski definition) is 5. The van der Waals surface area contributed by atoms with Gasteiger partial charge in [0.25, 0.3) is 5.91 Å². The third kappa shape index (κ3) is 4.46. The molecule has 6 nitrogen and oxygen atoms in total. The highest BCUT2D eigenvalue weighted by Crippen LogP contribution is 2.32. The van der Waals surface area contributed by atoms with Crippen molar-refractivity contribution >= 4 is 16.8 Å². The molecule has 1 aliphatic rings. The van der Waals surface area contributed by atoms with Crippen molar-refractivity contribution in [2.45, 2.75) is 24.9 Å². The van der Waals surface area contributed by atoms with Gasteiger partial charge in [-0.25, -0.2) is 9.82 Å². The van der Waals surface area contributed by atoms with Gasteiger partial charge in [-0.1, -0.05) is 0 Å². The first-order chi connectivity index (χ1) is 14.6. The molecule has 2 aromatic carbocycles. The lowest BCUT2D eigenvalue weighted by molar-refractivity contribution is 0.00334. The molecule has 1 saturated heterocycles. The molecule has 0 bridgehead atoms. The topological polar surface area (TPSA) is 87.0 Å².